The van der Waals surface area contributed by atoms with Crippen LogP contribution >= 0.6 is 11.6 Å². The molecule has 1 amide bonds. The lowest BCUT2D eigenvalue weighted by molar-refractivity contribution is -0.137. The Labute approximate surface area is 157 Å². The fraction of sp³-hybridized carbons (Fsp3) is 0.111. The molecular formula is C18H12ClF3N4O. The first kappa shape index (κ1) is 18.8. The standard InChI is InChI=1S/C18H12ClF3N4O/c1-26(16-7-6-13(19)8-24-16)17(27)15-10-23-9-14(25-15)11-2-4-12(5-3-11)18(20,21)22/h2-10H,1H3. The minimum absolute atomic E-state index is 0.0339. The second-order valence-corrected chi connectivity index (χ2v) is 6.00. The van der Waals surface area contributed by atoms with Gasteiger partial charge in [-0.2, -0.15) is 13.2 Å². The molecule has 138 valence electrons. The van der Waals surface area contributed by atoms with E-state index in [2.05, 4.69) is 15.0 Å². The Kier molecular flexibility index (Phi) is 5.09. The first-order chi connectivity index (χ1) is 12.8. The number of amides is 1. The molecule has 0 radical (unpaired) electrons. The summed E-state index contributed by atoms with van der Waals surface area (Å²) in [5.41, 5.74) is -0.0314. The highest BCUT2D eigenvalue weighted by molar-refractivity contribution is 6.30. The summed E-state index contributed by atoms with van der Waals surface area (Å²) in [4.78, 5) is 26.1. The van der Waals surface area contributed by atoms with Crippen molar-refractivity contribution in [2.45, 2.75) is 6.18 Å². The molecule has 0 aliphatic rings. The van der Waals surface area contributed by atoms with Gasteiger partial charge in [-0.25, -0.2) is 9.97 Å². The lowest BCUT2D eigenvalue weighted by Crippen LogP contribution is -2.28. The molecule has 0 bridgehead atoms. The molecule has 2 aromatic heterocycles. The van der Waals surface area contributed by atoms with Crippen LogP contribution in [0, 0.1) is 0 Å². The normalized spacial score (nSPS) is 11.3. The minimum atomic E-state index is -4.42. The molecule has 27 heavy (non-hydrogen) atoms. The largest absolute Gasteiger partial charge is 0.416 e. The van der Waals surface area contributed by atoms with E-state index in [1.165, 1.54) is 42.7 Å². The van der Waals surface area contributed by atoms with E-state index in [0.29, 0.717) is 16.4 Å². The van der Waals surface area contributed by atoms with Crippen LogP contribution in [0.2, 0.25) is 5.02 Å². The van der Waals surface area contributed by atoms with Crippen molar-refractivity contribution in [3.05, 3.63) is 71.3 Å². The van der Waals surface area contributed by atoms with E-state index in [9.17, 15) is 18.0 Å². The molecule has 0 unspecified atom stereocenters. The fourth-order valence-corrected chi connectivity index (χ4v) is 2.39. The molecule has 0 saturated heterocycles. The highest BCUT2D eigenvalue weighted by Crippen LogP contribution is 2.30. The number of hydrogen-bond donors (Lipinski definition) is 0. The number of benzene rings is 1. The summed E-state index contributed by atoms with van der Waals surface area (Å²) >= 11 is 5.78. The number of carbonyl (C=O) groups is 1. The predicted molar refractivity (Wildman–Crippen MR) is 94.5 cm³/mol. The highest BCUT2D eigenvalue weighted by Gasteiger charge is 2.30. The van der Waals surface area contributed by atoms with Gasteiger partial charge in [0.15, 0.2) is 0 Å². The number of hydrogen-bond acceptors (Lipinski definition) is 4. The van der Waals surface area contributed by atoms with Crippen molar-refractivity contribution in [3.63, 3.8) is 0 Å². The van der Waals surface area contributed by atoms with Crippen molar-refractivity contribution in [1.29, 1.82) is 0 Å². The number of aromatic nitrogens is 3. The number of nitrogens with zero attached hydrogens (tertiary/aromatic N) is 4. The van der Waals surface area contributed by atoms with Crippen LogP contribution in [-0.2, 0) is 6.18 Å². The van der Waals surface area contributed by atoms with Crippen LogP contribution in [0.5, 0.6) is 0 Å². The number of halogens is 4. The van der Waals surface area contributed by atoms with Gasteiger partial charge in [0.2, 0.25) is 0 Å². The molecule has 9 heteroatoms. The number of pyridine rings is 1. The summed E-state index contributed by atoms with van der Waals surface area (Å²) < 4.78 is 38.0. The summed E-state index contributed by atoms with van der Waals surface area (Å²) in [5.74, 6) is -0.0998. The number of anilines is 1. The lowest BCUT2D eigenvalue weighted by Gasteiger charge is -2.15. The van der Waals surface area contributed by atoms with Crippen molar-refractivity contribution < 1.29 is 18.0 Å². The topological polar surface area (TPSA) is 59.0 Å². The monoisotopic (exact) mass is 392 g/mol. The fourth-order valence-electron chi connectivity index (χ4n) is 2.28. The van der Waals surface area contributed by atoms with Crippen LogP contribution in [0.15, 0.2) is 55.0 Å². The Morgan fingerprint density at radius 2 is 1.74 bits per heavy atom. The molecular weight excluding hydrogens is 381 g/mol. The average Bonchev–Trinajstić information content (AvgIpc) is 2.67. The number of alkyl halides is 3. The third-order valence-corrected chi connectivity index (χ3v) is 3.95. The maximum Gasteiger partial charge on any atom is 0.416 e. The summed E-state index contributed by atoms with van der Waals surface area (Å²) in [5, 5.41) is 0.434. The van der Waals surface area contributed by atoms with Gasteiger partial charge in [0.25, 0.3) is 5.91 Å². The molecule has 1 aromatic carbocycles. The Morgan fingerprint density at radius 3 is 2.33 bits per heavy atom. The first-order valence-corrected chi connectivity index (χ1v) is 8.03. The van der Waals surface area contributed by atoms with E-state index in [1.54, 1.807) is 12.1 Å². The van der Waals surface area contributed by atoms with E-state index < -0.39 is 17.6 Å². The van der Waals surface area contributed by atoms with Crippen molar-refractivity contribution in [2.75, 3.05) is 11.9 Å². The zero-order valence-corrected chi connectivity index (χ0v) is 14.7. The Morgan fingerprint density at radius 1 is 1.04 bits per heavy atom. The molecule has 0 saturated carbocycles. The van der Waals surface area contributed by atoms with Crippen LogP contribution in [0.1, 0.15) is 16.1 Å². The average molecular weight is 393 g/mol. The molecule has 5 nitrogen and oxygen atoms in total. The minimum Gasteiger partial charge on any atom is -0.294 e. The molecule has 3 rings (SSSR count). The third-order valence-electron chi connectivity index (χ3n) is 3.72. The molecule has 0 aliphatic heterocycles. The van der Waals surface area contributed by atoms with Gasteiger partial charge in [0.1, 0.15) is 11.5 Å². The van der Waals surface area contributed by atoms with Gasteiger partial charge < -0.3 is 0 Å². The van der Waals surface area contributed by atoms with Crippen LogP contribution in [0.25, 0.3) is 11.3 Å². The van der Waals surface area contributed by atoms with Crippen molar-refractivity contribution >= 4 is 23.3 Å². The van der Waals surface area contributed by atoms with Crippen molar-refractivity contribution in [2.24, 2.45) is 0 Å². The van der Waals surface area contributed by atoms with Gasteiger partial charge in [-0.3, -0.25) is 14.7 Å². The van der Waals surface area contributed by atoms with Gasteiger partial charge >= 0.3 is 6.18 Å². The van der Waals surface area contributed by atoms with Crippen LogP contribution in [0.4, 0.5) is 19.0 Å². The molecule has 0 fully saturated rings. The van der Waals surface area contributed by atoms with Crippen LogP contribution < -0.4 is 4.90 Å². The summed E-state index contributed by atoms with van der Waals surface area (Å²) in [6.45, 7) is 0. The number of rotatable bonds is 3. The maximum absolute atomic E-state index is 12.7. The molecule has 0 atom stereocenters. The van der Waals surface area contributed by atoms with E-state index in [0.717, 1.165) is 12.1 Å². The van der Waals surface area contributed by atoms with Crippen LogP contribution in [0.3, 0.4) is 0 Å². The molecule has 3 aromatic rings. The zero-order valence-electron chi connectivity index (χ0n) is 13.9. The Balaban J connectivity index is 1.86. The lowest BCUT2D eigenvalue weighted by atomic mass is 10.1. The van der Waals surface area contributed by atoms with Gasteiger partial charge in [0.05, 0.1) is 28.7 Å². The quantitative estimate of drug-likeness (QED) is 0.659. The van der Waals surface area contributed by atoms with E-state index in [1.807, 2.05) is 0 Å². The summed E-state index contributed by atoms with van der Waals surface area (Å²) in [7, 11) is 1.52. The van der Waals surface area contributed by atoms with E-state index in [4.69, 9.17) is 11.6 Å². The van der Waals surface area contributed by atoms with Gasteiger partial charge in [0, 0.05) is 18.8 Å². The highest BCUT2D eigenvalue weighted by atomic mass is 35.5. The SMILES string of the molecule is CN(C(=O)c1cncc(-c2ccc(C(F)(F)F)cc2)n1)c1ccc(Cl)cn1. The van der Waals surface area contributed by atoms with Gasteiger partial charge in [-0.1, -0.05) is 23.7 Å². The molecule has 2 heterocycles. The van der Waals surface area contributed by atoms with Gasteiger partial charge in [-0.05, 0) is 24.3 Å². The molecule has 0 spiro atoms. The second-order valence-electron chi connectivity index (χ2n) is 5.56. The summed E-state index contributed by atoms with van der Waals surface area (Å²) in [6.07, 6.45) is -0.358. The Hall–Kier alpha value is -3.00. The smallest absolute Gasteiger partial charge is 0.294 e. The second kappa shape index (κ2) is 7.32. The van der Waals surface area contributed by atoms with Gasteiger partial charge in [-0.15, -0.1) is 0 Å². The van der Waals surface area contributed by atoms with E-state index >= 15 is 0 Å². The first-order valence-electron chi connectivity index (χ1n) is 7.65. The zero-order chi connectivity index (χ0) is 19.6. The van der Waals surface area contributed by atoms with Crippen molar-refractivity contribution in [1.82, 2.24) is 15.0 Å². The maximum atomic E-state index is 12.7. The molecule has 0 N–H and O–H groups in total. The third kappa shape index (κ3) is 4.22. The molecule has 0 aliphatic carbocycles. The summed E-state index contributed by atoms with van der Waals surface area (Å²) in [6, 6.07) is 7.65. The van der Waals surface area contributed by atoms with E-state index in [-0.39, 0.29) is 11.4 Å². The predicted octanol–water partition coefficient (Wildman–Crippen LogP) is 4.49. The number of carbonyl (C=O) groups excluding carboxylic acids is 1. The van der Waals surface area contributed by atoms with Crippen LogP contribution in [-0.4, -0.2) is 27.9 Å². The van der Waals surface area contributed by atoms with Crippen molar-refractivity contribution in [3.8, 4) is 11.3 Å². The Bertz CT molecular complexity index is 960.